The number of aryl methyl sites for hydroxylation is 1. The molecule has 8 heteroatoms. The van der Waals surface area contributed by atoms with Crippen molar-refractivity contribution in [3.8, 4) is 16.9 Å². The third-order valence-corrected chi connectivity index (χ3v) is 6.20. The van der Waals surface area contributed by atoms with Gasteiger partial charge in [-0.1, -0.05) is 38.3 Å². The van der Waals surface area contributed by atoms with Crippen molar-refractivity contribution in [2.45, 2.75) is 59.7 Å². The third-order valence-electron chi connectivity index (χ3n) is 5.89. The maximum atomic E-state index is 6.65. The molecule has 1 aliphatic rings. The summed E-state index contributed by atoms with van der Waals surface area (Å²) in [5.74, 6) is 1.86. The fraction of sp³-hybridized carbons (Fsp3) is 0.500. The van der Waals surface area contributed by atoms with Crippen LogP contribution < -0.4 is 9.64 Å². The quantitative estimate of drug-likeness (QED) is 0.365. The Morgan fingerprint density at radius 3 is 2.50 bits per heavy atom. The first-order valence-electron chi connectivity index (χ1n) is 11.2. The van der Waals surface area contributed by atoms with E-state index in [1.165, 1.54) is 0 Å². The highest BCUT2D eigenvalue weighted by Crippen LogP contribution is 2.39. The zero-order valence-electron chi connectivity index (χ0n) is 19.3. The van der Waals surface area contributed by atoms with Crippen LogP contribution >= 0.6 is 24.0 Å². The molecule has 32 heavy (non-hydrogen) atoms. The second kappa shape index (κ2) is 10.7. The Kier molecular flexibility index (Phi) is 8.26. The predicted molar refractivity (Wildman–Crippen MR) is 132 cm³/mol. The minimum atomic E-state index is 0. The summed E-state index contributed by atoms with van der Waals surface area (Å²) in [5, 5.41) is 5.59. The number of unbranched alkanes of at least 4 members (excludes halogenated alkanes) is 2. The van der Waals surface area contributed by atoms with Gasteiger partial charge in [0.15, 0.2) is 5.65 Å². The molecule has 0 unspecified atom stereocenters. The van der Waals surface area contributed by atoms with Gasteiger partial charge in [0.25, 0.3) is 0 Å². The standard InChI is InChI=1S/C24H31ClN4O2.ClH/c1-5-7-11-28(12-8-6-2)24-19-14-31-15-21(19)26-23-22(16(3)27-29(23)24)18-10-9-17(30-4)13-20(18)25;/h9-10,13H,5-8,11-12,14-15H2,1-4H3;1H. The molecule has 1 aliphatic heterocycles. The molecule has 1 aromatic carbocycles. The lowest BCUT2D eigenvalue weighted by Crippen LogP contribution is -2.29. The number of halogens is 2. The Morgan fingerprint density at radius 1 is 1.16 bits per heavy atom. The second-order valence-corrected chi connectivity index (χ2v) is 8.50. The van der Waals surface area contributed by atoms with Crippen LogP contribution in [-0.2, 0) is 18.0 Å². The van der Waals surface area contributed by atoms with Gasteiger partial charge in [-0.15, -0.1) is 12.4 Å². The summed E-state index contributed by atoms with van der Waals surface area (Å²) in [6.07, 6.45) is 4.59. The van der Waals surface area contributed by atoms with Gasteiger partial charge in [-0.2, -0.15) is 9.61 Å². The number of methoxy groups -OCH3 is 1. The maximum Gasteiger partial charge on any atom is 0.165 e. The molecule has 0 bridgehead atoms. The fourth-order valence-corrected chi connectivity index (χ4v) is 4.49. The largest absolute Gasteiger partial charge is 0.497 e. The van der Waals surface area contributed by atoms with Crippen molar-refractivity contribution < 1.29 is 9.47 Å². The molecular weight excluding hydrogens is 447 g/mol. The maximum absolute atomic E-state index is 6.65. The van der Waals surface area contributed by atoms with Gasteiger partial charge in [0.05, 0.1) is 42.3 Å². The highest BCUT2D eigenvalue weighted by Gasteiger charge is 2.28. The minimum Gasteiger partial charge on any atom is -0.497 e. The normalized spacial score (nSPS) is 12.7. The van der Waals surface area contributed by atoms with E-state index in [0.29, 0.717) is 18.2 Å². The van der Waals surface area contributed by atoms with E-state index in [1.807, 2.05) is 29.6 Å². The van der Waals surface area contributed by atoms with E-state index in [9.17, 15) is 0 Å². The Hall–Kier alpha value is -2.02. The Bertz CT molecular complexity index is 1080. The Labute approximate surface area is 201 Å². The Balaban J connectivity index is 0.00000289. The van der Waals surface area contributed by atoms with Gasteiger partial charge in [-0.3, -0.25) is 0 Å². The average molecular weight is 479 g/mol. The van der Waals surface area contributed by atoms with Gasteiger partial charge < -0.3 is 14.4 Å². The van der Waals surface area contributed by atoms with Crippen LogP contribution in [-0.4, -0.2) is 34.8 Å². The molecule has 0 fully saturated rings. The average Bonchev–Trinajstić information content (AvgIpc) is 3.36. The van der Waals surface area contributed by atoms with E-state index >= 15 is 0 Å². The number of ether oxygens (including phenoxy) is 2. The molecule has 0 spiro atoms. The van der Waals surface area contributed by atoms with Crippen molar-refractivity contribution in [2.24, 2.45) is 0 Å². The van der Waals surface area contributed by atoms with Gasteiger partial charge in [0, 0.05) is 24.2 Å². The lowest BCUT2D eigenvalue weighted by Gasteiger charge is -2.27. The van der Waals surface area contributed by atoms with Gasteiger partial charge in [0.2, 0.25) is 0 Å². The smallest absolute Gasteiger partial charge is 0.165 e. The first-order chi connectivity index (χ1) is 15.1. The lowest BCUT2D eigenvalue weighted by atomic mass is 10.1. The van der Waals surface area contributed by atoms with Crippen molar-refractivity contribution in [1.29, 1.82) is 0 Å². The van der Waals surface area contributed by atoms with E-state index in [1.54, 1.807) is 7.11 Å². The van der Waals surface area contributed by atoms with Crippen LogP contribution in [0.1, 0.15) is 56.5 Å². The van der Waals surface area contributed by atoms with Crippen molar-refractivity contribution in [3.63, 3.8) is 0 Å². The number of benzene rings is 1. The van der Waals surface area contributed by atoms with Crippen molar-refractivity contribution in [2.75, 3.05) is 25.1 Å². The zero-order chi connectivity index (χ0) is 22.0. The van der Waals surface area contributed by atoms with Crippen LogP contribution in [0.3, 0.4) is 0 Å². The molecule has 0 saturated heterocycles. The van der Waals surface area contributed by atoms with Crippen LogP contribution in [0, 0.1) is 6.92 Å². The molecule has 3 heterocycles. The van der Waals surface area contributed by atoms with Crippen LogP contribution in [0.15, 0.2) is 18.2 Å². The van der Waals surface area contributed by atoms with Crippen LogP contribution in [0.2, 0.25) is 5.02 Å². The second-order valence-electron chi connectivity index (χ2n) is 8.09. The molecule has 0 atom stereocenters. The highest BCUT2D eigenvalue weighted by molar-refractivity contribution is 6.33. The lowest BCUT2D eigenvalue weighted by molar-refractivity contribution is 0.133. The van der Waals surface area contributed by atoms with Crippen LogP contribution in [0.5, 0.6) is 5.75 Å². The number of hydrogen-bond acceptors (Lipinski definition) is 5. The van der Waals surface area contributed by atoms with Crippen LogP contribution in [0.4, 0.5) is 5.82 Å². The summed E-state index contributed by atoms with van der Waals surface area (Å²) in [4.78, 5) is 7.47. The van der Waals surface area contributed by atoms with Crippen LogP contribution in [0.25, 0.3) is 16.8 Å². The SMILES string of the molecule is CCCCN(CCCC)c1c2c(nc3c(-c4ccc(OC)cc4Cl)c(C)nn13)COC2.Cl. The predicted octanol–water partition coefficient (Wildman–Crippen LogP) is 6.23. The number of rotatable bonds is 9. The summed E-state index contributed by atoms with van der Waals surface area (Å²) in [6.45, 7) is 9.61. The molecule has 3 aromatic rings. The first-order valence-corrected chi connectivity index (χ1v) is 11.5. The minimum absolute atomic E-state index is 0. The molecule has 6 nitrogen and oxygen atoms in total. The highest BCUT2D eigenvalue weighted by atomic mass is 35.5. The molecule has 4 rings (SSSR count). The van der Waals surface area contributed by atoms with Crippen molar-refractivity contribution in [1.82, 2.24) is 14.6 Å². The molecule has 0 amide bonds. The monoisotopic (exact) mass is 478 g/mol. The molecular formula is C24H32Cl2N4O2. The summed E-state index contributed by atoms with van der Waals surface area (Å²) in [5.41, 5.74) is 5.80. The number of aromatic nitrogens is 3. The summed E-state index contributed by atoms with van der Waals surface area (Å²) in [7, 11) is 1.64. The van der Waals surface area contributed by atoms with E-state index < -0.39 is 0 Å². The summed E-state index contributed by atoms with van der Waals surface area (Å²) < 4.78 is 13.2. The van der Waals surface area contributed by atoms with E-state index in [-0.39, 0.29) is 12.4 Å². The molecule has 174 valence electrons. The number of anilines is 1. The van der Waals surface area contributed by atoms with E-state index in [0.717, 1.165) is 84.1 Å². The van der Waals surface area contributed by atoms with Gasteiger partial charge in [-0.05, 0) is 38.0 Å². The van der Waals surface area contributed by atoms with Gasteiger partial charge in [-0.25, -0.2) is 4.98 Å². The van der Waals surface area contributed by atoms with Gasteiger partial charge in [0.1, 0.15) is 11.6 Å². The Morgan fingerprint density at radius 2 is 1.88 bits per heavy atom. The zero-order valence-corrected chi connectivity index (χ0v) is 20.9. The number of fused-ring (bicyclic) bond motifs is 2. The third kappa shape index (κ3) is 4.54. The summed E-state index contributed by atoms with van der Waals surface area (Å²) in [6, 6.07) is 5.75. The van der Waals surface area contributed by atoms with E-state index in [2.05, 4.69) is 18.7 Å². The topological polar surface area (TPSA) is 51.9 Å². The van der Waals surface area contributed by atoms with Crippen molar-refractivity contribution >= 4 is 35.5 Å². The summed E-state index contributed by atoms with van der Waals surface area (Å²) >= 11 is 6.65. The number of nitrogens with zero attached hydrogens (tertiary/aromatic N) is 4. The van der Waals surface area contributed by atoms with Gasteiger partial charge >= 0.3 is 0 Å². The number of hydrogen-bond donors (Lipinski definition) is 0. The molecule has 2 aromatic heterocycles. The molecule has 0 N–H and O–H groups in total. The van der Waals surface area contributed by atoms with E-state index in [4.69, 9.17) is 31.2 Å². The molecule has 0 saturated carbocycles. The molecule has 0 radical (unpaired) electrons. The fourth-order valence-electron chi connectivity index (χ4n) is 4.22. The first kappa shape index (κ1) is 24.6. The van der Waals surface area contributed by atoms with Crippen molar-refractivity contribution in [3.05, 3.63) is 40.2 Å². The molecule has 0 aliphatic carbocycles.